The first-order chi connectivity index (χ1) is 14.7. The molecule has 1 aliphatic heterocycles. The Bertz CT molecular complexity index is 991. The molecule has 152 valence electrons. The minimum absolute atomic E-state index is 0.0504. The van der Waals surface area contributed by atoms with Crippen LogP contribution in [0, 0.1) is 5.92 Å². The summed E-state index contributed by atoms with van der Waals surface area (Å²) in [7, 11) is 0. The van der Waals surface area contributed by atoms with Crippen LogP contribution in [-0.4, -0.2) is 16.8 Å². The molecule has 3 aromatic rings. The third-order valence-electron chi connectivity index (χ3n) is 5.68. The van der Waals surface area contributed by atoms with Crippen LogP contribution in [0.4, 0.5) is 5.69 Å². The third kappa shape index (κ3) is 4.05. The zero-order chi connectivity index (χ0) is 20.9. The zero-order valence-electron chi connectivity index (χ0n) is 17.0. The monoisotopic (exact) mass is 415 g/mol. The summed E-state index contributed by atoms with van der Waals surface area (Å²) in [5.41, 5.74) is 2.88. The van der Waals surface area contributed by atoms with E-state index in [1.165, 1.54) is 11.8 Å². The van der Waals surface area contributed by atoms with Crippen LogP contribution in [0.2, 0.25) is 0 Å². The first-order valence-electron chi connectivity index (χ1n) is 10.3. The number of anilines is 1. The minimum Gasteiger partial charge on any atom is -0.304 e. The molecule has 0 spiro atoms. The second-order valence-corrected chi connectivity index (χ2v) is 8.72. The van der Waals surface area contributed by atoms with E-state index in [-0.39, 0.29) is 28.9 Å². The SMILES string of the molecule is CCSC(=O)[C@@H]1[C@@H](c2ccccc2)N(c2ccccc2)C(=O)C[C@H]1c1ccccc1. The van der Waals surface area contributed by atoms with E-state index in [9.17, 15) is 9.59 Å². The fourth-order valence-corrected chi connectivity index (χ4v) is 5.18. The molecule has 0 bridgehead atoms. The highest BCUT2D eigenvalue weighted by Gasteiger charge is 2.47. The molecule has 3 aromatic carbocycles. The molecule has 3 atom stereocenters. The summed E-state index contributed by atoms with van der Waals surface area (Å²) in [6.45, 7) is 2.00. The Labute approximate surface area is 182 Å². The lowest BCUT2D eigenvalue weighted by Gasteiger charge is -2.45. The molecule has 0 aromatic heterocycles. The van der Waals surface area contributed by atoms with Crippen molar-refractivity contribution in [2.24, 2.45) is 5.92 Å². The molecule has 1 amide bonds. The Hall–Kier alpha value is -2.85. The van der Waals surface area contributed by atoms with E-state index in [2.05, 4.69) is 0 Å². The first-order valence-corrected chi connectivity index (χ1v) is 11.3. The minimum atomic E-state index is -0.341. The van der Waals surface area contributed by atoms with E-state index in [0.717, 1.165) is 22.6 Å². The molecule has 0 unspecified atom stereocenters. The van der Waals surface area contributed by atoms with E-state index in [0.29, 0.717) is 6.42 Å². The van der Waals surface area contributed by atoms with Crippen LogP contribution in [-0.2, 0) is 9.59 Å². The second kappa shape index (κ2) is 9.31. The maximum atomic E-state index is 13.5. The van der Waals surface area contributed by atoms with Crippen LogP contribution >= 0.6 is 11.8 Å². The maximum Gasteiger partial charge on any atom is 0.228 e. The van der Waals surface area contributed by atoms with Gasteiger partial charge in [-0.15, -0.1) is 0 Å². The van der Waals surface area contributed by atoms with Gasteiger partial charge in [0.15, 0.2) is 5.12 Å². The number of para-hydroxylation sites is 1. The van der Waals surface area contributed by atoms with Crippen molar-refractivity contribution in [1.82, 2.24) is 0 Å². The predicted octanol–water partition coefficient (Wildman–Crippen LogP) is 5.84. The first kappa shape index (κ1) is 20.4. The standard InChI is InChI=1S/C26H25NO2S/c1-2-30-26(29)24-22(19-12-6-3-7-13-19)18-23(28)27(21-16-10-5-11-17-21)25(24)20-14-8-4-9-15-20/h3-17,22,24-25H,2,18H2,1H3/t22-,24-,25+/m0/s1. The molecule has 1 saturated heterocycles. The van der Waals surface area contributed by atoms with E-state index in [1.54, 1.807) is 0 Å². The van der Waals surface area contributed by atoms with Gasteiger partial charge in [0.2, 0.25) is 5.91 Å². The van der Waals surface area contributed by atoms with Crippen molar-refractivity contribution in [3.63, 3.8) is 0 Å². The van der Waals surface area contributed by atoms with Crippen molar-refractivity contribution in [1.29, 1.82) is 0 Å². The van der Waals surface area contributed by atoms with Crippen molar-refractivity contribution in [2.75, 3.05) is 10.7 Å². The predicted molar refractivity (Wildman–Crippen MR) is 124 cm³/mol. The van der Waals surface area contributed by atoms with Crippen LogP contribution in [0.25, 0.3) is 0 Å². The summed E-state index contributed by atoms with van der Waals surface area (Å²) in [6, 6.07) is 29.3. The lowest BCUT2D eigenvalue weighted by atomic mass is 9.73. The summed E-state index contributed by atoms with van der Waals surface area (Å²) in [5.74, 6) is 0.306. The molecule has 4 heteroatoms. The van der Waals surface area contributed by atoms with Gasteiger partial charge in [-0.3, -0.25) is 9.59 Å². The van der Waals surface area contributed by atoms with Crippen LogP contribution in [0.15, 0.2) is 91.0 Å². The summed E-state index contributed by atoms with van der Waals surface area (Å²) >= 11 is 1.36. The van der Waals surface area contributed by atoms with Gasteiger partial charge >= 0.3 is 0 Å². The Morgan fingerprint density at radius 1 is 0.867 bits per heavy atom. The van der Waals surface area contributed by atoms with Gasteiger partial charge in [0.25, 0.3) is 0 Å². The summed E-state index contributed by atoms with van der Waals surface area (Å²) in [4.78, 5) is 28.8. The summed E-state index contributed by atoms with van der Waals surface area (Å²) in [5, 5.41) is 0.147. The smallest absolute Gasteiger partial charge is 0.228 e. The number of amides is 1. The Balaban J connectivity index is 1.88. The highest BCUT2D eigenvalue weighted by atomic mass is 32.2. The molecule has 30 heavy (non-hydrogen) atoms. The van der Waals surface area contributed by atoms with Gasteiger partial charge in [-0.2, -0.15) is 0 Å². The lowest BCUT2D eigenvalue weighted by molar-refractivity contribution is -0.124. The van der Waals surface area contributed by atoms with Gasteiger partial charge in [0.05, 0.1) is 12.0 Å². The normalized spacial score (nSPS) is 21.4. The molecular weight excluding hydrogens is 390 g/mol. The molecular formula is C26H25NO2S. The average Bonchev–Trinajstić information content (AvgIpc) is 2.80. The number of hydrogen-bond acceptors (Lipinski definition) is 3. The lowest BCUT2D eigenvalue weighted by Crippen LogP contribution is -2.48. The average molecular weight is 416 g/mol. The fraction of sp³-hybridized carbons (Fsp3) is 0.231. The number of benzene rings is 3. The van der Waals surface area contributed by atoms with Crippen molar-refractivity contribution in [2.45, 2.75) is 25.3 Å². The number of carbonyl (C=O) groups is 2. The number of thioether (sulfide) groups is 1. The Morgan fingerprint density at radius 3 is 1.97 bits per heavy atom. The largest absolute Gasteiger partial charge is 0.304 e. The van der Waals surface area contributed by atoms with E-state index in [1.807, 2.05) is 103 Å². The quantitative estimate of drug-likeness (QED) is 0.525. The number of carbonyl (C=O) groups excluding carboxylic acids is 2. The molecule has 3 nitrogen and oxygen atoms in total. The molecule has 0 aliphatic carbocycles. The highest BCUT2D eigenvalue weighted by Crippen LogP contribution is 2.48. The van der Waals surface area contributed by atoms with Crippen LogP contribution in [0.5, 0.6) is 0 Å². The number of piperidine rings is 1. The van der Waals surface area contributed by atoms with Crippen LogP contribution in [0.3, 0.4) is 0 Å². The van der Waals surface area contributed by atoms with Gasteiger partial charge < -0.3 is 4.90 Å². The Kier molecular flexibility index (Phi) is 6.34. The van der Waals surface area contributed by atoms with Gasteiger partial charge in [0, 0.05) is 18.0 Å². The molecule has 1 aliphatic rings. The van der Waals surface area contributed by atoms with Crippen molar-refractivity contribution >= 4 is 28.5 Å². The molecule has 0 saturated carbocycles. The highest BCUT2D eigenvalue weighted by molar-refractivity contribution is 8.13. The fourth-order valence-electron chi connectivity index (χ4n) is 4.41. The third-order valence-corrected chi connectivity index (χ3v) is 6.52. The number of hydrogen-bond donors (Lipinski definition) is 0. The topological polar surface area (TPSA) is 37.4 Å². The van der Waals surface area contributed by atoms with Crippen molar-refractivity contribution in [3.05, 3.63) is 102 Å². The molecule has 1 fully saturated rings. The molecule has 0 N–H and O–H groups in total. The van der Waals surface area contributed by atoms with Crippen LogP contribution in [0.1, 0.15) is 36.4 Å². The van der Waals surface area contributed by atoms with Crippen LogP contribution < -0.4 is 4.90 Å². The van der Waals surface area contributed by atoms with E-state index < -0.39 is 0 Å². The van der Waals surface area contributed by atoms with Gasteiger partial charge in [-0.25, -0.2) is 0 Å². The molecule has 0 radical (unpaired) electrons. The summed E-state index contributed by atoms with van der Waals surface area (Å²) < 4.78 is 0. The maximum absolute atomic E-state index is 13.5. The molecule has 4 rings (SSSR count). The van der Waals surface area contributed by atoms with E-state index in [4.69, 9.17) is 0 Å². The second-order valence-electron chi connectivity index (χ2n) is 7.45. The number of rotatable bonds is 5. The van der Waals surface area contributed by atoms with E-state index >= 15 is 0 Å². The van der Waals surface area contributed by atoms with Gasteiger partial charge in [0.1, 0.15) is 0 Å². The van der Waals surface area contributed by atoms with Crippen molar-refractivity contribution < 1.29 is 9.59 Å². The Morgan fingerprint density at radius 2 is 1.40 bits per heavy atom. The van der Waals surface area contributed by atoms with Crippen molar-refractivity contribution in [3.8, 4) is 0 Å². The number of nitrogens with zero attached hydrogens (tertiary/aromatic N) is 1. The summed E-state index contributed by atoms with van der Waals surface area (Å²) in [6.07, 6.45) is 0.322. The zero-order valence-corrected chi connectivity index (χ0v) is 17.8. The van der Waals surface area contributed by atoms with Gasteiger partial charge in [-0.1, -0.05) is 97.5 Å². The molecule has 1 heterocycles. The van der Waals surface area contributed by atoms with Gasteiger partial charge in [-0.05, 0) is 29.0 Å².